The summed E-state index contributed by atoms with van der Waals surface area (Å²) in [5.41, 5.74) is 3.95. The van der Waals surface area contributed by atoms with E-state index in [4.69, 9.17) is 0 Å². The molecule has 1 atom stereocenters. The zero-order valence-electron chi connectivity index (χ0n) is 17.6. The Morgan fingerprint density at radius 3 is 2.62 bits per heavy atom. The van der Waals surface area contributed by atoms with Gasteiger partial charge in [0.05, 0.1) is 10.7 Å². The average molecular weight is 448 g/mol. The summed E-state index contributed by atoms with van der Waals surface area (Å²) in [6, 6.07) is 19.5. The second-order valence-electron chi connectivity index (χ2n) is 7.60. The summed E-state index contributed by atoms with van der Waals surface area (Å²) in [5, 5.41) is 13.8. The molecule has 0 bridgehead atoms. The smallest absolute Gasteiger partial charge is 0.273 e. The number of hydrogen-bond acceptors (Lipinski definition) is 5. The van der Waals surface area contributed by atoms with Crippen molar-refractivity contribution in [3.63, 3.8) is 0 Å². The lowest BCUT2D eigenvalue weighted by Crippen LogP contribution is -2.27. The van der Waals surface area contributed by atoms with Crippen molar-refractivity contribution >= 4 is 40.6 Å². The summed E-state index contributed by atoms with van der Waals surface area (Å²) >= 11 is 1.53. The predicted octanol–water partition coefficient (Wildman–Crippen LogP) is 5.24. The van der Waals surface area contributed by atoms with Crippen molar-refractivity contribution in [1.29, 1.82) is 0 Å². The maximum absolute atomic E-state index is 12.7. The van der Waals surface area contributed by atoms with E-state index < -0.39 is 10.8 Å². The molecule has 3 aromatic rings. The lowest BCUT2D eigenvalue weighted by molar-refractivity contribution is -0.385. The van der Waals surface area contributed by atoms with Crippen LogP contribution in [-0.2, 0) is 4.79 Å². The minimum absolute atomic E-state index is 0.0343. The van der Waals surface area contributed by atoms with E-state index in [0.29, 0.717) is 17.0 Å². The number of hydrogen-bond donors (Lipinski definition) is 1. The molecule has 1 N–H and O–H groups in total. The second kappa shape index (κ2) is 8.84. The van der Waals surface area contributed by atoms with Gasteiger partial charge in [0, 0.05) is 28.6 Å². The largest absolute Gasteiger partial charge is 0.322 e. The van der Waals surface area contributed by atoms with E-state index in [-0.39, 0.29) is 22.5 Å². The molecule has 1 fully saturated rings. The van der Waals surface area contributed by atoms with Crippen LogP contribution >= 0.6 is 11.8 Å². The lowest BCUT2D eigenvalue weighted by atomic mass is 10.1. The van der Waals surface area contributed by atoms with Gasteiger partial charge in [-0.3, -0.25) is 24.6 Å². The van der Waals surface area contributed by atoms with E-state index in [1.54, 1.807) is 30.0 Å². The number of aryl methyl sites for hydroxylation is 2. The highest BCUT2D eigenvalue weighted by Gasteiger charge is 2.34. The molecule has 8 heteroatoms. The molecule has 0 aliphatic carbocycles. The summed E-state index contributed by atoms with van der Waals surface area (Å²) in [6.07, 6.45) is 0. The van der Waals surface area contributed by atoms with Crippen LogP contribution in [0, 0.1) is 24.0 Å². The van der Waals surface area contributed by atoms with Crippen LogP contribution < -0.4 is 10.2 Å². The zero-order chi connectivity index (χ0) is 22.8. The highest BCUT2D eigenvalue weighted by Crippen LogP contribution is 2.42. The quantitative estimate of drug-likeness (QED) is 0.426. The van der Waals surface area contributed by atoms with Crippen molar-refractivity contribution < 1.29 is 14.5 Å². The Bertz CT molecular complexity index is 1230. The third kappa shape index (κ3) is 4.36. The molecule has 1 aliphatic heterocycles. The van der Waals surface area contributed by atoms with Crippen LogP contribution in [0.1, 0.15) is 32.4 Å². The van der Waals surface area contributed by atoms with Crippen molar-refractivity contribution in [3.05, 3.63) is 99.1 Å². The molecule has 0 spiro atoms. The van der Waals surface area contributed by atoms with E-state index in [2.05, 4.69) is 5.32 Å². The molecule has 7 nitrogen and oxygen atoms in total. The first-order chi connectivity index (χ1) is 15.3. The molecule has 1 saturated heterocycles. The minimum Gasteiger partial charge on any atom is -0.322 e. The van der Waals surface area contributed by atoms with Crippen molar-refractivity contribution in [3.8, 4) is 0 Å². The summed E-state index contributed by atoms with van der Waals surface area (Å²) in [5.74, 6) is -0.0228. The summed E-state index contributed by atoms with van der Waals surface area (Å²) < 4.78 is 0. The number of nitro groups is 1. The first-order valence-electron chi connectivity index (χ1n) is 10.00. The summed E-state index contributed by atoms with van der Waals surface area (Å²) in [4.78, 5) is 37.8. The highest BCUT2D eigenvalue weighted by atomic mass is 32.2. The van der Waals surface area contributed by atoms with E-state index in [1.165, 1.54) is 17.8 Å². The molecule has 2 amide bonds. The van der Waals surface area contributed by atoms with Crippen molar-refractivity contribution in [2.75, 3.05) is 16.0 Å². The van der Waals surface area contributed by atoms with Crippen LogP contribution in [0.15, 0.2) is 66.7 Å². The fourth-order valence-electron chi connectivity index (χ4n) is 3.65. The molecule has 4 rings (SSSR count). The SMILES string of the molecule is Cc1cccc(N2C(=O)CS[C@@H]2c2cccc(NC(=O)c3ccc(C)c([N+](=O)[O-])c3)c2)c1. The second-order valence-corrected chi connectivity index (χ2v) is 8.67. The van der Waals surface area contributed by atoms with Gasteiger partial charge in [-0.25, -0.2) is 0 Å². The molecule has 3 aromatic carbocycles. The molecule has 0 radical (unpaired) electrons. The third-order valence-electron chi connectivity index (χ3n) is 5.25. The highest BCUT2D eigenvalue weighted by molar-refractivity contribution is 8.00. The maximum Gasteiger partial charge on any atom is 0.273 e. The van der Waals surface area contributed by atoms with E-state index >= 15 is 0 Å². The Morgan fingerprint density at radius 1 is 1.09 bits per heavy atom. The van der Waals surface area contributed by atoms with E-state index in [1.807, 2.05) is 49.4 Å². The Balaban J connectivity index is 1.58. The van der Waals surface area contributed by atoms with Gasteiger partial charge >= 0.3 is 0 Å². The standard InChI is InChI=1S/C24H21N3O4S/c1-15-5-3-8-20(11-15)26-22(28)14-32-24(26)18-6-4-7-19(12-18)25-23(29)17-10-9-16(2)21(13-17)27(30)31/h3-13,24H,14H2,1-2H3,(H,25,29)/t24-/m1/s1. The molecule has 0 unspecified atom stereocenters. The number of carbonyl (C=O) groups is 2. The molecule has 1 heterocycles. The van der Waals surface area contributed by atoms with Gasteiger partial charge in [-0.15, -0.1) is 11.8 Å². The molecule has 1 aliphatic rings. The normalized spacial score (nSPS) is 15.6. The van der Waals surface area contributed by atoms with E-state index in [9.17, 15) is 19.7 Å². The molecule has 0 saturated carbocycles. The number of nitro benzene ring substituents is 1. The van der Waals surface area contributed by atoms with Crippen LogP contribution in [0.4, 0.5) is 17.1 Å². The Morgan fingerprint density at radius 2 is 1.88 bits per heavy atom. The Kier molecular flexibility index (Phi) is 5.96. The molecule has 0 aromatic heterocycles. The maximum atomic E-state index is 12.7. The van der Waals surface area contributed by atoms with Crippen LogP contribution in [-0.4, -0.2) is 22.5 Å². The molecular formula is C24H21N3O4S. The van der Waals surface area contributed by atoms with Crippen molar-refractivity contribution in [1.82, 2.24) is 0 Å². The molecule has 162 valence electrons. The first kappa shape index (κ1) is 21.6. The van der Waals surface area contributed by atoms with Gasteiger partial charge in [0.25, 0.3) is 11.6 Å². The van der Waals surface area contributed by atoms with Crippen LogP contribution in [0.5, 0.6) is 0 Å². The predicted molar refractivity (Wildman–Crippen MR) is 126 cm³/mol. The van der Waals surface area contributed by atoms with Gasteiger partial charge in [-0.1, -0.05) is 30.3 Å². The number of nitrogens with one attached hydrogen (secondary N) is 1. The average Bonchev–Trinajstić information content (AvgIpc) is 3.15. The summed E-state index contributed by atoms with van der Waals surface area (Å²) in [7, 11) is 0. The van der Waals surface area contributed by atoms with Gasteiger partial charge in [-0.05, 0) is 55.3 Å². The number of thioether (sulfide) groups is 1. The Labute approximate surface area is 189 Å². The molecule has 32 heavy (non-hydrogen) atoms. The fourth-order valence-corrected chi connectivity index (χ4v) is 4.82. The van der Waals surface area contributed by atoms with E-state index in [0.717, 1.165) is 16.8 Å². The topological polar surface area (TPSA) is 92.6 Å². The summed E-state index contributed by atoms with van der Waals surface area (Å²) in [6.45, 7) is 3.61. The van der Waals surface area contributed by atoms with Gasteiger partial charge in [-0.2, -0.15) is 0 Å². The number of benzene rings is 3. The number of rotatable bonds is 5. The Hall–Kier alpha value is -3.65. The van der Waals surface area contributed by atoms with Crippen LogP contribution in [0.3, 0.4) is 0 Å². The zero-order valence-corrected chi connectivity index (χ0v) is 18.4. The molecular weight excluding hydrogens is 426 g/mol. The number of amides is 2. The van der Waals surface area contributed by atoms with Crippen molar-refractivity contribution in [2.24, 2.45) is 0 Å². The number of nitrogens with zero attached hydrogens (tertiary/aromatic N) is 2. The van der Waals surface area contributed by atoms with Gasteiger partial charge in [0.15, 0.2) is 0 Å². The van der Waals surface area contributed by atoms with Gasteiger partial charge < -0.3 is 5.32 Å². The third-order valence-corrected chi connectivity index (χ3v) is 6.46. The fraction of sp³-hybridized carbons (Fsp3) is 0.167. The van der Waals surface area contributed by atoms with Crippen molar-refractivity contribution in [2.45, 2.75) is 19.2 Å². The minimum atomic E-state index is -0.499. The van der Waals surface area contributed by atoms with Crippen LogP contribution in [0.25, 0.3) is 0 Å². The van der Waals surface area contributed by atoms with Crippen LogP contribution in [0.2, 0.25) is 0 Å². The first-order valence-corrected chi connectivity index (χ1v) is 11.0. The monoisotopic (exact) mass is 447 g/mol. The lowest BCUT2D eigenvalue weighted by Gasteiger charge is -2.25. The van der Waals surface area contributed by atoms with Gasteiger partial charge in [0.1, 0.15) is 5.37 Å². The van der Waals surface area contributed by atoms with Gasteiger partial charge in [0.2, 0.25) is 5.91 Å². The number of carbonyl (C=O) groups excluding carboxylic acids is 2. The number of anilines is 2.